The largest absolute Gasteiger partial charge is 0.496 e. The van der Waals surface area contributed by atoms with Gasteiger partial charge in [0.25, 0.3) is 5.91 Å². The van der Waals surface area contributed by atoms with Gasteiger partial charge in [0.15, 0.2) is 0 Å². The Morgan fingerprint density at radius 1 is 1.11 bits per heavy atom. The maximum Gasteiger partial charge on any atom is 0.335 e. The van der Waals surface area contributed by atoms with Crippen molar-refractivity contribution in [1.29, 1.82) is 0 Å². The molecule has 0 aliphatic carbocycles. The molecule has 3 rings (SSSR count). The normalized spacial score (nSPS) is 11.0. The molecule has 2 aromatic carbocycles. The summed E-state index contributed by atoms with van der Waals surface area (Å²) < 4.78 is 7.41. The number of amides is 1. The average Bonchev–Trinajstić information content (AvgIpc) is 3.08. The number of fused-ring (bicyclic) bond motifs is 1. The molecule has 0 atom stereocenters. The van der Waals surface area contributed by atoms with Crippen LogP contribution in [0.1, 0.15) is 40.1 Å². The van der Waals surface area contributed by atoms with Gasteiger partial charge in [0.1, 0.15) is 5.75 Å². The Morgan fingerprint density at radius 2 is 1.86 bits per heavy atom. The van der Waals surface area contributed by atoms with Crippen LogP contribution in [-0.2, 0) is 6.54 Å². The monoisotopic (exact) mass is 380 g/mol. The van der Waals surface area contributed by atoms with Gasteiger partial charge in [-0.05, 0) is 42.3 Å². The molecule has 0 unspecified atom stereocenters. The number of methoxy groups -OCH3 is 1. The van der Waals surface area contributed by atoms with Gasteiger partial charge in [0.2, 0.25) is 0 Å². The van der Waals surface area contributed by atoms with E-state index in [4.69, 9.17) is 9.84 Å². The van der Waals surface area contributed by atoms with Crippen LogP contribution in [0.15, 0.2) is 48.7 Å². The van der Waals surface area contributed by atoms with Gasteiger partial charge in [-0.25, -0.2) is 4.79 Å². The highest BCUT2D eigenvalue weighted by atomic mass is 16.5. The van der Waals surface area contributed by atoms with Crippen molar-refractivity contribution < 1.29 is 19.4 Å². The zero-order chi connectivity index (χ0) is 20.3. The Balaban J connectivity index is 1.85. The van der Waals surface area contributed by atoms with Crippen LogP contribution in [0, 0.1) is 5.92 Å². The zero-order valence-corrected chi connectivity index (χ0v) is 16.2. The number of carboxylic acid groups (broad SMARTS) is 1. The van der Waals surface area contributed by atoms with E-state index in [1.807, 2.05) is 35.0 Å². The number of carbonyl (C=O) groups excluding carboxylic acids is 1. The van der Waals surface area contributed by atoms with Crippen molar-refractivity contribution in [2.75, 3.05) is 13.7 Å². The highest BCUT2D eigenvalue weighted by Gasteiger charge is 2.12. The van der Waals surface area contributed by atoms with Gasteiger partial charge >= 0.3 is 5.97 Å². The standard InChI is InChI=1S/C22H24N2O4/c1-14(2)12-23-21(25)16-6-7-19-15(10-16)8-9-24(19)13-18-5-4-17(22(26)27)11-20(18)28-3/h4-11,14H,12-13H2,1-3H3,(H,23,25)(H,26,27). The number of nitrogens with zero attached hydrogens (tertiary/aromatic N) is 1. The van der Waals surface area contributed by atoms with Crippen LogP contribution in [0.5, 0.6) is 5.75 Å². The molecule has 6 heteroatoms. The lowest BCUT2D eigenvalue weighted by Gasteiger charge is -2.12. The fraction of sp³-hybridized carbons (Fsp3) is 0.273. The maximum atomic E-state index is 12.3. The molecule has 6 nitrogen and oxygen atoms in total. The zero-order valence-electron chi connectivity index (χ0n) is 16.2. The third-order valence-electron chi connectivity index (χ3n) is 4.58. The number of carboxylic acids is 1. The van der Waals surface area contributed by atoms with E-state index in [-0.39, 0.29) is 11.5 Å². The van der Waals surface area contributed by atoms with Crippen molar-refractivity contribution in [3.63, 3.8) is 0 Å². The van der Waals surface area contributed by atoms with Crippen LogP contribution in [0.4, 0.5) is 0 Å². The maximum absolute atomic E-state index is 12.3. The lowest BCUT2D eigenvalue weighted by atomic mass is 10.1. The molecule has 1 amide bonds. The Hall–Kier alpha value is -3.28. The Morgan fingerprint density at radius 3 is 2.54 bits per heavy atom. The van der Waals surface area contributed by atoms with E-state index in [0.717, 1.165) is 16.5 Å². The van der Waals surface area contributed by atoms with Crippen molar-refractivity contribution in [3.8, 4) is 5.75 Å². The lowest BCUT2D eigenvalue weighted by Crippen LogP contribution is -2.27. The summed E-state index contributed by atoms with van der Waals surface area (Å²) in [6.45, 7) is 5.29. The third-order valence-corrected chi connectivity index (χ3v) is 4.58. The smallest absolute Gasteiger partial charge is 0.335 e. The fourth-order valence-electron chi connectivity index (χ4n) is 3.07. The molecule has 2 N–H and O–H groups in total. The van der Waals surface area contributed by atoms with E-state index < -0.39 is 5.97 Å². The van der Waals surface area contributed by atoms with Gasteiger partial charge in [-0.3, -0.25) is 4.79 Å². The number of hydrogen-bond donors (Lipinski definition) is 2. The van der Waals surface area contributed by atoms with Gasteiger partial charge in [0, 0.05) is 34.8 Å². The lowest BCUT2D eigenvalue weighted by molar-refractivity contribution is 0.0696. The van der Waals surface area contributed by atoms with Gasteiger partial charge < -0.3 is 19.7 Å². The summed E-state index contributed by atoms with van der Waals surface area (Å²) in [5, 5.41) is 13.0. The van der Waals surface area contributed by atoms with E-state index in [0.29, 0.717) is 30.3 Å². The van der Waals surface area contributed by atoms with E-state index in [1.165, 1.54) is 13.2 Å². The summed E-state index contributed by atoms with van der Waals surface area (Å²) in [6, 6.07) is 12.5. The van der Waals surface area contributed by atoms with Gasteiger partial charge in [-0.2, -0.15) is 0 Å². The summed E-state index contributed by atoms with van der Waals surface area (Å²) >= 11 is 0. The summed E-state index contributed by atoms with van der Waals surface area (Å²) in [7, 11) is 1.53. The first-order chi connectivity index (χ1) is 13.4. The van der Waals surface area contributed by atoms with Crippen molar-refractivity contribution in [3.05, 3.63) is 65.4 Å². The first-order valence-electron chi connectivity index (χ1n) is 9.16. The quantitative estimate of drug-likeness (QED) is 0.654. The molecular formula is C22H24N2O4. The summed E-state index contributed by atoms with van der Waals surface area (Å²) in [5.74, 6) is -0.128. The average molecular weight is 380 g/mol. The third kappa shape index (κ3) is 4.17. The number of hydrogen-bond acceptors (Lipinski definition) is 3. The molecule has 146 valence electrons. The molecule has 0 aliphatic rings. The first kappa shape index (κ1) is 19.5. The molecule has 0 radical (unpaired) electrons. The summed E-state index contributed by atoms with van der Waals surface area (Å²) in [4.78, 5) is 23.4. The summed E-state index contributed by atoms with van der Waals surface area (Å²) in [6.07, 6.45) is 1.95. The van der Waals surface area contributed by atoms with Gasteiger partial charge in [-0.1, -0.05) is 19.9 Å². The van der Waals surface area contributed by atoms with Crippen molar-refractivity contribution in [2.45, 2.75) is 20.4 Å². The Kier molecular flexibility index (Phi) is 5.68. The molecule has 0 aliphatic heterocycles. The number of rotatable bonds is 7. The predicted molar refractivity (Wildman–Crippen MR) is 108 cm³/mol. The molecule has 0 fully saturated rings. The predicted octanol–water partition coefficient (Wildman–Crippen LogP) is 3.78. The van der Waals surface area contributed by atoms with Gasteiger partial charge in [0.05, 0.1) is 19.2 Å². The molecule has 1 heterocycles. The van der Waals surface area contributed by atoms with Crippen molar-refractivity contribution in [2.24, 2.45) is 5.92 Å². The highest BCUT2D eigenvalue weighted by Crippen LogP contribution is 2.24. The Bertz CT molecular complexity index is 1020. The van der Waals surface area contributed by atoms with Crippen molar-refractivity contribution in [1.82, 2.24) is 9.88 Å². The van der Waals surface area contributed by atoms with E-state index >= 15 is 0 Å². The minimum absolute atomic E-state index is 0.0747. The van der Waals surface area contributed by atoms with E-state index in [2.05, 4.69) is 19.2 Å². The minimum atomic E-state index is -0.987. The van der Waals surface area contributed by atoms with E-state index in [1.54, 1.807) is 12.1 Å². The SMILES string of the molecule is COc1cc(C(=O)O)ccc1Cn1ccc2cc(C(=O)NCC(C)C)ccc21. The number of carbonyl (C=O) groups is 2. The first-order valence-corrected chi connectivity index (χ1v) is 9.16. The molecular weight excluding hydrogens is 356 g/mol. The molecule has 0 spiro atoms. The summed E-state index contributed by atoms with van der Waals surface area (Å²) in [5.41, 5.74) is 2.69. The second-order valence-electron chi connectivity index (χ2n) is 7.15. The highest BCUT2D eigenvalue weighted by molar-refractivity contribution is 5.98. The molecule has 1 aromatic heterocycles. The van der Waals surface area contributed by atoms with Crippen LogP contribution >= 0.6 is 0 Å². The van der Waals surface area contributed by atoms with Crippen LogP contribution in [-0.4, -0.2) is 35.2 Å². The number of nitrogens with one attached hydrogen (secondary N) is 1. The van der Waals surface area contributed by atoms with Crippen LogP contribution in [0.2, 0.25) is 0 Å². The van der Waals surface area contributed by atoms with Crippen molar-refractivity contribution >= 4 is 22.8 Å². The van der Waals surface area contributed by atoms with Gasteiger partial charge in [-0.15, -0.1) is 0 Å². The molecule has 3 aromatic rings. The molecule has 0 saturated carbocycles. The second-order valence-corrected chi connectivity index (χ2v) is 7.15. The van der Waals surface area contributed by atoms with Crippen LogP contribution < -0.4 is 10.1 Å². The topological polar surface area (TPSA) is 80.6 Å². The molecule has 0 saturated heterocycles. The number of aromatic carboxylic acids is 1. The number of ether oxygens (including phenoxy) is 1. The van der Waals surface area contributed by atoms with E-state index in [9.17, 15) is 9.59 Å². The minimum Gasteiger partial charge on any atom is -0.496 e. The van der Waals surface area contributed by atoms with Crippen LogP contribution in [0.25, 0.3) is 10.9 Å². The Labute approximate surface area is 163 Å². The van der Waals surface area contributed by atoms with Crippen LogP contribution in [0.3, 0.4) is 0 Å². The molecule has 0 bridgehead atoms. The fourth-order valence-corrected chi connectivity index (χ4v) is 3.07. The number of aromatic nitrogens is 1. The molecule has 28 heavy (non-hydrogen) atoms. The number of benzene rings is 2. The second kappa shape index (κ2) is 8.17.